The van der Waals surface area contributed by atoms with Crippen molar-refractivity contribution in [2.45, 2.75) is 96.1 Å². The molecule has 4 fully saturated rings. The zero-order chi connectivity index (χ0) is 23.5. The fraction of sp³-hybridized carbons (Fsp3) is 0.880. The molecule has 3 unspecified atom stereocenters. The number of aliphatic hydroxyl groups is 1. The van der Waals surface area contributed by atoms with Crippen LogP contribution in [-0.2, 0) is 23.9 Å². The lowest BCUT2D eigenvalue weighted by atomic mass is 9.43. The van der Waals surface area contributed by atoms with Crippen molar-refractivity contribution >= 4 is 29.3 Å². The summed E-state index contributed by atoms with van der Waals surface area (Å²) in [6.07, 6.45) is 5.49. The van der Waals surface area contributed by atoms with E-state index in [1.54, 1.807) is 0 Å². The minimum absolute atomic E-state index is 0.0276. The molecule has 0 heterocycles. The topological polar surface area (TPSA) is 89.9 Å². The Bertz CT molecular complexity index is 799. The van der Waals surface area contributed by atoms with Crippen LogP contribution in [0.4, 0.5) is 0 Å². The molecule has 0 aromatic carbocycles. The van der Waals surface area contributed by atoms with Gasteiger partial charge >= 0.3 is 11.9 Å². The number of hydrogen-bond donors (Lipinski definition) is 1. The predicted octanol–water partition coefficient (Wildman–Crippen LogP) is 4.04. The summed E-state index contributed by atoms with van der Waals surface area (Å²) in [5.41, 5.74) is -0.371. The van der Waals surface area contributed by atoms with Crippen molar-refractivity contribution in [1.29, 1.82) is 0 Å². The van der Waals surface area contributed by atoms with Crippen LogP contribution in [0.25, 0.3) is 0 Å². The van der Waals surface area contributed by atoms with E-state index in [1.165, 1.54) is 13.8 Å². The first-order valence-corrected chi connectivity index (χ1v) is 12.5. The van der Waals surface area contributed by atoms with Crippen molar-refractivity contribution < 1.29 is 29.0 Å². The molecule has 4 saturated carbocycles. The Morgan fingerprint density at radius 2 is 1.72 bits per heavy atom. The lowest BCUT2D eigenvalue weighted by molar-refractivity contribution is -0.173. The number of esters is 2. The molecular formula is C25H37ClO6. The van der Waals surface area contributed by atoms with Crippen molar-refractivity contribution in [2.24, 2.45) is 34.5 Å². The third-order valence-electron chi connectivity index (χ3n) is 9.88. The first kappa shape index (κ1) is 24.0. The molecule has 9 atom stereocenters. The minimum atomic E-state index is -0.802. The molecule has 1 N–H and O–H groups in total. The number of halogens is 1. The largest absolute Gasteiger partial charge is 0.462 e. The molecular weight excluding hydrogens is 432 g/mol. The molecule has 4 rings (SSSR count). The zero-order valence-corrected chi connectivity index (χ0v) is 20.5. The number of Topliss-reactive ketones (excluding diaryl/α,β-unsaturated/α-hetero) is 1. The van der Waals surface area contributed by atoms with E-state index >= 15 is 0 Å². The highest BCUT2D eigenvalue weighted by atomic mass is 35.5. The second-order valence-electron chi connectivity index (χ2n) is 11.3. The lowest BCUT2D eigenvalue weighted by Crippen LogP contribution is -2.66. The van der Waals surface area contributed by atoms with Crippen LogP contribution >= 0.6 is 11.6 Å². The highest BCUT2D eigenvalue weighted by Gasteiger charge is 2.68. The highest BCUT2D eigenvalue weighted by Crippen LogP contribution is 2.69. The second-order valence-corrected chi connectivity index (χ2v) is 12.0. The molecule has 0 aromatic rings. The number of hydrogen-bond acceptors (Lipinski definition) is 6. The van der Waals surface area contributed by atoms with Crippen molar-refractivity contribution in [2.75, 3.05) is 6.61 Å². The van der Waals surface area contributed by atoms with Crippen molar-refractivity contribution in [1.82, 2.24) is 0 Å². The number of ether oxygens (including phenoxy) is 2. The molecule has 7 heteroatoms. The summed E-state index contributed by atoms with van der Waals surface area (Å²) in [5.74, 6) is 0.254. The van der Waals surface area contributed by atoms with Crippen LogP contribution in [0.15, 0.2) is 0 Å². The second kappa shape index (κ2) is 8.26. The van der Waals surface area contributed by atoms with Crippen LogP contribution in [0.5, 0.6) is 0 Å². The standard InChI is InChI=1S/C25H37ClO6/c1-14(27)31-13-21(29)20-6-5-18-17-11-22(30)25(26)12-16(32-15(2)28)7-10-24(25,4)19(17)8-9-23(18,20)3/h16-20,22,30H,5-13H2,1-4H3/t16-,17?,18?,19?,20+,22+,23-,24+,25-/m0/s1. The molecule has 4 aliphatic rings. The molecule has 0 radical (unpaired) electrons. The summed E-state index contributed by atoms with van der Waals surface area (Å²) in [5, 5.41) is 11.3. The van der Waals surface area contributed by atoms with Crippen LogP contribution in [0.2, 0.25) is 0 Å². The van der Waals surface area contributed by atoms with Crippen molar-refractivity contribution in [3.05, 3.63) is 0 Å². The third-order valence-corrected chi connectivity index (χ3v) is 10.7. The van der Waals surface area contributed by atoms with Gasteiger partial charge in [-0.2, -0.15) is 0 Å². The molecule has 32 heavy (non-hydrogen) atoms. The van der Waals surface area contributed by atoms with Crippen LogP contribution in [0, 0.1) is 34.5 Å². The molecule has 0 spiro atoms. The Balaban J connectivity index is 1.56. The van der Waals surface area contributed by atoms with E-state index in [-0.39, 0.29) is 41.2 Å². The van der Waals surface area contributed by atoms with E-state index in [4.69, 9.17) is 21.1 Å². The number of fused-ring (bicyclic) bond motifs is 5. The van der Waals surface area contributed by atoms with Gasteiger partial charge in [0.2, 0.25) is 0 Å². The van der Waals surface area contributed by atoms with Crippen molar-refractivity contribution in [3.63, 3.8) is 0 Å². The van der Waals surface area contributed by atoms with Gasteiger partial charge in [-0.3, -0.25) is 14.4 Å². The Labute approximate surface area is 195 Å². The normalized spacial score (nSPS) is 47.6. The average Bonchev–Trinajstić information content (AvgIpc) is 3.05. The smallest absolute Gasteiger partial charge is 0.303 e. The summed E-state index contributed by atoms with van der Waals surface area (Å²) in [7, 11) is 0. The van der Waals surface area contributed by atoms with Crippen molar-refractivity contribution in [3.8, 4) is 0 Å². The van der Waals surface area contributed by atoms with E-state index in [0.717, 1.165) is 38.5 Å². The average molecular weight is 469 g/mol. The van der Waals surface area contributed by atoms with Gasteiger partial charge in [-0.1, -0.05) is 13.8 Å². The van der Waals surface area contributed by atoms with Gasteiger partial charge < -0.3 is 14.6 Å². The molecule has 6 nitrogen and oxygen atoms in total. The van der Waals surface area contributed by atoms with Crippen LogP contribution in [0.3, 0.4) is 0 Å². The third kappa shape index (κ3) is 3.60. The van der Waals surface area contributed by atoms with Gasteiger partial charge in [-0.15, -0.1) is 11.6 Å². The summed E-state index contributed by atoms with van der Waals surface area (Å²) >= 11 is 7.25. The van der Waals surface area contributed by atoms with Gasteiger partial charge in [0, 0.05) is 26.2 Å². The number of rotatable bonds is 4. The SMILES string of the molecule is CC(=O)OCC(=O)[C@H]1CCC2C3C[C@@H](O)[C@@]4(Cl)C[C@@H](OC(C)=O)CC[C@]4(C)C3CC[C@@]21C. The first-order valence-electron chi connectivity index (χ1n) is 12.1. The molecule has 180 valence electrons. The van der Waals surface area contributed by atoms with E-state index < -0.39 is 16.9 Å². The summed E-state index contributed by atoms with van der Waals surface area (Å²) in [6.45, 7) is 7.07. The van der Waals surface area contributed by atoms with E-state index in [2.05, 4.69) is 13.8 Å². The molecule has 0 bridgehead atoms. The van der Waals surface area contributed by atoms with E-state index in [0.29, 0.717) is 30.6 Å². The summed E-state index contributed by atoms with van der Waals surface area (Å²) in [4.78, 5) is 34.8. The van der Waals surface area contributed by atoms with Gasteiger partial charge in [0.15, 0.2) is 5.78 Å². The number of alkyl halides is 1. The summed E-state index contributed by atoms with van der Waals surface area (Å²) < 4.78 is 10.5. The number of ketones is 1. The fourth-order valence-corrected chi connectivity index (χ4v) is 8.83. The Morgan fingerprint density at radius 1 is 1.00 bits per heavy atom. The number of aliphatic hydroxyl groups excluding tert-OH is 1. The lowest BCUT2D eigenvalue weighted by Gasteiger charge is -2.65. The maximum absolute atomic E-state index is 12.9. The number of carbonyl (C=O) groups excluding carboxylic acids is 3. The van der Waals surface area contributed by atoms with Gasteiger partial charge in [-0.05, 0) is 73.5 Å². The molecule has 0 aromatic heterocycles. The molecule has 0 saturated heterocycles. The zero-order valence-electron chi connectivity index (χ0n) is 19.7. The Kier molecular flexibility index (Phi) is 6.20. The van der Waals surface area contributed by atoms with E-state index in [1.807, 2.05) is 0 Å². The quantitative estimate of drug-likeness (QED) is 0.494. The van der Waals surface area contributed by atoms with Gasteiger partial charge in [0.25, 0.3) is 0 Å². The predicted molar refractivity (Wildman–Crippen MR) is 119 cm³/mol. The van der Waals surface area contributed by atoms with Crippen LogP contribution in [-0.4, -0.2) is 46.5 Å². The van der Waals surface area contributed by atoms with Gasteiger partial charge in [-0.25, -0.2) is 0 Å². The maximum atomic E-state index is 12.9. The molecule has 4 aliphatic carbocycles. The van der Waals surface area contributed by atoms with Crippen LogP contribution in [0.1, 0.15) is 79.1 Å². The first-order chi connectivity index (χ1) is 14.9. The Hall–Kier alpha value is -1.14. The number of carbonyl (C=O) groups is 3. The molecule has 0 aliphatic heterocycles. The van der Waals surface area contributed by atoms with E-state index in [9.17, 15) is 19.5 Å². The Morgan fingerprint density at radius 3 is 2.38 bits per heavy atom. The minimum Gasteiger partial charge on any atom is -0.462 e. The maximum Gasteiger partial charge on any atom is 0.303 e. The van der Waals surface area contributed by atoms with Gasteiger partial charge in [0.1, 0.15) is 12.7 Å². The molecule has 0 amide bonds. The highest BCUT2D eigenvalue weighted by molar-refractivity contribution is 6.25. The fourth-order valence-electron chi connectivity index (χ4n) is 8.33. The summed E-state index contributed by atoms with van der Waals surface area (Å²) in [6, 6.07) is 0. The van der Waals surface area contributed by atoms with Gasteiger partial charge in [0.05, 0.1) is 11.0 Å². The van der Waals surface area contributed by atoms with Crippen LogP contribution < -0.4 is 0 Å². The monoisotopic (exact) mass is 468 g/mol.